The van der Waals surface area contributed by atoms with Crippen molar-refractivity contribution in [2.75, 3.05) is 0 Å². The predicted octanol–water partition coefficient (Wildman–Crippen LogP) is 2.86. The Morgan fingerprint density at radius 3 is 2.69 bits per heavy atom. The molecule has 0 radical (unpaired) electrons. The van der Waals surface area contributed by atoms with E-state index in [4.69, 9.17) is 22.1 Å². The SMILES string of the molecule is N#CCC(C#N)c1cccc(Cl)c1. The van der Waals surface area contributed by atoms with Gasteiger partial charge in [-0.05, 0) is 17.7 Å². The first-order chi connectivity index (χ1) is 6.27. The van der Waals surface area contributed by atoms with E-state index in [9.17, 15) is 0 Å². The van der Waals surface area contributed by atoms with E-state index in [2.05, 4.69) is 6.07 Å². The van der Waals surface area contributed by atoms with Crippen LogP contribution in [0.1, 0.15) is 17.9 Å². The van der Waals surface area contributed by atoms with Gasteiger partial charge < -0.3 is 0 Å². The quantitative estimate of drug-likeness (QED) is 0.720. The number of rotatable bonds is 2. The van der Waals surface area contributed by atoms with Gasteiger partial charge in [-0.1, -0.05) is 23.7 Å². The van der Waals surface area contributed by atoms with Gasteiger partial charge in [-0.3, -0.25) is 0 Å². The Labute approximate surface area is 82.0 Å². The molecule has 1 aromatic carbocycles. The Balaban J connectivity index is 2.94. The molecule has 1 atom stereocenters. The highest BCUT2D eigenvalue weighted by atomic mass is 35.5. The Kier molecular flexibility index (Phi) is 3.31. The van der Waals surface area contributed by atoms with Crippen molar-refractivity contribution < 1.29 is 0 Å². The van der Waals surface area contributed by atoms with E-state index < -0.39 is 0 Å². The summed E-state index contributed by atoms with van der Waals surface area (Å²) < 4.78 is 0. The maximum atomic E-state index is 8.76. The number of nitrogens with zero attached hydrogens (tertiary/aromatic N) is 2. The van der Waals surface area contributed by atoms with Crippen LogP contribution in [0.2, 0.25) is 5.02 Å². The summed E-state index contributed by atoms with van der Waals surface area (Å²) in [5.74, 6) is -0.372. The number of halogens is 1. The minimum atomic E-state index is -0.372. The molecule has 0 spiro atoms. The molecule has 13 heavy (non-hydrogen) atoms. The van der Waals surface area contributed by atoms with Crippen molar-refractivity contribution in [3.05, 3.63) is 34.9 Å². The van der Waals surface area contributed by atoms with E-state index in [-0.39, 0.29) is 12.3 Å². The van der Waals surface area contributed by atoms with Gasteiger partial charge in [-0.2, -0.15) is 10.5 Å². The van der Waals surface area contributed by atoms with Gasteiger partial charge in [-0.25, -0.2) is 0 Å². The summed E-state index contributed by atoms with van der Waals surface area (Å²) >= 11 is 5.75. The molecule has 1 aromatic rings. The zero-order valence-electron chi connectivity index (χ0n) is 6.87. The Bertz CT molecular complexity index is 373. The van der Waals surface area contributed by atoms with Gasteiger partial charge in [0.15, 0.2) is 0 Å². The average molecular weight is 191 g/mol. The third-order valence-electron chi connectivity index (χ3n) is 1.70. The zero-order valence-corrected chi connectivity index (χ0v) is 7.62. The molecule has 0 aliphatic carbocycles. The van der Waals surface area contributed by atoms with Crippen LogP contribution in [0.3, 0.4) is 0 Å². The normalized spacial score (nSPS) is 11.3. The van der Waals surface area contributed by atoms with E-state index in [0.717, 1.165) is 5.56 Å². The third kappa shape index (κ3) is 2.47. The highest BCUT2D eigenvalue weighted by Gasteiger charge is 2.09. The second-order valence-corrected chi connectivity index (χ2v) is 3.04. The number of benzene rings is 1. The van der Waals surface area contributed by atoms with Crippen LogP contribution in [0.4, 0.5) is 0 Å². The Hall–Kier alpha value is -1.51. The number of hydrogen-bond donors (Lipinski definition) is 0. The lowest BCUT2D eigenvalue weighted by Gasteiger charge is -2.04. The Morgan fingerprint density at radius 1 is 1.38 bits per heavy atom. The lowest BCUT2D eigenvalue weighted by atomic mass is 9.98. The van der Waals surface area contributed by atoms with Gasteiger partial charge in [0.1, 0.15) is 0 Å². The topological polar surface area (TPSA) is 47.6 Å². The lowest BCUT2D eigenvalue weighted by molar-refractivity contribution is 0.887. The van der Waals surface area contributed by atoms with Crippen LogP contribution in [0.5, 0.6) is 0 Å². The van der Waals surface area contributed by atoms with E-state index in [1.807, 2.05) is 6.07 Å². The molecule has 64 valence electrons. The maximum Gasteiger partial charge on any atom is 0.0843 e. The lowest BCUT2D eigenvalue weighted by Crippen LogP contribution is -1.93. The monoisotopic (exact) mass is 190 g/mol. The van der Waals surface area contributed by atoms with Crippen molar-refractivity contribution in [1.82, 2.24) is 0 Å². The number of nitriles is 2. The van der Waals surface area contributed by atoms with Gasteiger partial charge in [0, 0.05) is 5.02 Å². The molecular weight excluding hydrogens is 184 g/mol. The molecule has 1 rings (SSSR count). The molecule has 0 fully saturated rings. The molecule has 0 heterocycles. The van der Waals surface area contributed by atoms with Gasteiger partial charge in [0.05, 0.1) is 24.5 Å². The molecule has 0 aliphatic rings. The summed E-state index contributed by atoms with van der Waals surface area (Å²) in [6, 6.07) is 11.1. The van der Waals surface area contributed by atoms with Crippen molar-refractivity contribution in [2.24, 2.45) is 0 Å². The zero-order chi connectivity index (χ0) is 9.68. The second-order valence-electron chi connectivity index (χ2n) is 2.60. The highest BCUT2D eigenvalue weighted by Crippen LogP contribution is 2.21. The van der Waals surface area contributed by atoms with Crippen LogP contribution in [0.15, 0.2) is 24.3 Å². The largest absolute Gasteiger partial charge is 0.198 e. The van der Waals surface area contributed by atoms with Crippen LogP contribution in [0, 0.1) is 22.7 Å². The van der Waals surface area contributed by atoms with E-state index in [1.54, 1.807) is 24.3 Å². The molecule has 0 N–H and O–H groups in total. The summed E-state index contributed by atoms with van der Waals surface area (Å²) in [7, 11) is 0. The van der Waals surface area contributed by atoms with Gasteiger partial charge in [0.2, 0.25) is 0 Å². The minimum absolute atomic E-state index is 0.205. The molecule has 2 nitrogen and oxygen atoms in total. The molecule has 3 heteroatoms. The molecule has 0 bridgehead atoms. The summed E-state index contributed by atoms with van der Waals surface area (Å²) in [5, 5.41) is 17.8. The van der Waals surface area contributed by atoms with Gasteiger partial charge in [-0.15, -0.1) is 0 Å². The minimum Gasteiger partial charge on any atom is -0.198 e. The van der Waals surface area contributed by atoms with Crippen LogP contribution in [-0.4, -0.2) is 0 Å². The molecule has 0 amide bonds. The van der Waals surface area contributed by atoms with E-state index >= 15 is 0 Å². The first-order valence-corrected chi connectivity index (χ1v) is 4.17. The van der Waals surface area contributed by atoms with Crippen LogP contribution in [0.25, 0.3) is 0 Å². The maximum absolute atomic E-state index is 8.76. The summed E-state index contributed by atoms with van der Waals surface area (Å²) in [5.41, 5.74) is 0.802. The first-order valence-electron chi connectivity index (χ1n) is 3.80. The molecular formula is C10H7ClN2. The molecule has 0 saturated heterocycles. The standard InChI is InChI=1S/C10H7ClN2/c11-10-3-1-2-8(6-10)9(7-13)4-5-12/h1-3,6,9H,4H2. The van der Waals surface area contributed by atoms with Gasteiger partial charge in [0.25, 0.3) is 0 Å². The van der Waals surface area contributed by atoms with E-state index in [1.165, 1.54) is 0 Å². The fraction of sp³-hybridized carbons (Fsp3) is 0.200. The van der Waals surface area contributed by atoms with Gasteiger partial charge >= 0.3 is 0 Å². The van der Waals surface area contributed by atoms with Crippen LogP contribution in [-0.2, 0) is 0 Å². The summed E-state index contributed by atoms with van der Waals surface area (Å²) in [4.78, 5) is 0. The summed E-state index contributed by atoms with van der Waals surface area (Å²) in [6.45, 7) is 0. The fourth-order valence-corrected chi connectivity index (χ4v) is 1.25. The van der Waals surface area contributed by atoms with Crippen LogP contribution >= 0.6 is 11.6 Å². The first kappa shape index (κ1) is 9.58. The average Bonchev–Trinajstić information content (AvgIpc) is 2.14. The van der Waals surface area contributed by atoms with Crippen LogP contribution < -0.4 is 0 Å². The predicted molar refractivity (Wildman–Crippen MR) is 50.0 cm³/mol. The molecule has 0 aromatic heterocycles. The highest BCUT2D eigenvalue weighted by molar-refractivity contribution is 6.30. The number of hydrogen-bond acceptors (Lipinski definition) is 2. The molecule has 0 aliphatic heterocycles. The smallest absolute Gasteiger partial charge is 0.0843 e. The second kappa shape index (κ2) is 4.50. The summed E-state index contributed by atoms with van der Waals surface area (Å²) in [6.07, 6.45) is 0.205. The third-order valence-corrected chi connectivity index (χ3v) is 1.94. The van der Waals surface area contributed by atoms with Crippen molar-refractivity contribution in [3.8, 4) is 12.1 Å². The van der Waals surface area contributed by atoms with E-state index in [0.29, 0.717) is 5.02 Å². The van der Waals surface area contributed by atoms with Crippen molar-refractivity contribution in [3.63, 3.8) is 0 Å². The van der Waals surface area contributed by atoms with Crippen molar-refractivity contribution >= 4 is 11.6 Å². The molecule has 0 saturated carbocycles. The fourth-order valence-electron chi connectivity index (χ4n) is 1.05. The molecule has 1 unspecified atom stereocenters. The Morgan fingerprint density at radius 2 is 2.15 bits per heavy atom. The van der Waals surface area contributed by atoms with Crippen molar-refractivity contribution in [2.45, 2.75) is 12.3 Å². The van der Waals surface area contributed by atoms with Crippen molar-refractivity contribution in [1.29, 1.82) is 10.5 Å².